The fraction of sp³-hybridized carbons (Fsp3) is 0.611. The SMILES string of the molecule is CCCC1(CCN2CCCC2)CNC(=S)c2ccccc21. The van der Waals surface area contributed by atoms with Crippen LogP contribution < -0.4 is 5.32 Å². The Kier molecular flexibility index (Phi) is 4.60. The van der Waals surface area contributed by atoms with Crippen LogP contribution >= 0.6 is 12.2 Å². The fourth-order valence-corrected chi connectivity index (χ4v) is 4.26. The van der Waals surface area contributed by atoms with Gasteiger partial charge in [0.15, 0.2) is 0 Å². The van der Waals surface area contributed by atoms with E-state index in [2.05, 4.69) is 41.4 Å². The van der Waals surface area contributed by atoms with Crippen molar-refractivity contribution in [3.8, 4) is 0 Å². The summed E-state index contributed by atoms with van der Waals surface area (Å²) in [6.45, 7) is 7.10. The normalized spacial score (nSPS) is 25.7. The van der Waals surface area contributed by atoms with Crippen molar-refractivity contribution in [2.24, 2.45) is 0 Å². The van der Waals surface area contributed by atoms with E-state index in [9.17, 15) is 0 Å². The zero-order valence-electron chi connectivity index (χ0n) is 13.0. The number of rotatable bonds is 5. The molecule has 1 saturated heterocycles. The first-order valence-corrected chi connectivity index (χ1v) is 8.76. The van der Waals surface area contributed by atoms with Crippen LogP contribution in [0.1, 0.15) is 50.2 Å². The molecule has 3 rings (SSSR count). The van der Waals surface area contributed by atoms with Crippen molar-refractivity contribution in [1.29, 1.82) is 0 Å². The number of likely N-dealkylation sites (tertiary alicyclic amines) is 1. The molecule has 1 atom stereocenters. The van der Waals surface area contributed by atoms with Crippen LogP contribution in [0.5, 0.6) is 0 Å². The first-order chi connectivity index (χ1) is 10.2. The number of hydrogen-bond donors (Lipinski definition) is 1. The minimum Gasteiger partial charge on any atom is -0.375 e. The summed E-state index contributed by atoms with van der Waals surface area (Å²) in [4.78, 5) is 3.56. The van der Waals surface area contributed by atoms with Gasteiger partial charge in [-0.1, -0.05) is 49.8 Å². The summed E-state index contributed by atoms with van der Waals surface area (Å²) in [5.41, 5.74) is 3.00. The van der Waals surface area contributed by atoms with Gasteiger partial charge < -0.3 is 10.2 Å². The molecule has 3 heteroatoms. The molecule has 2 heterocycles. The molecular weight excluding hydrogens is 276 g/mol. The molecule has 1 N–H and O–H groups in total. The van der Waals surface area contributed by atoms with Crippen molar-refractivity contribution in [2.45, 2.75) is 44.4 Å². The third-order valence-corrected chi connectivity index (χ3v) is 5.53. The Bertz CT molecular complexity index is 508. The lowest BCUT2D eigenvalue weighted by atomic mass is 9.70. The zero-order valence-corrected chi connectivity index (χ0v) is 13.8. The second-order valence-electron chi connectivity index (χ2n) is 6.56. The van der Waals surface area contributed by atoms with Crippen molar-refractivity contribution < 1.29 is 0 Å². The van der Waals surface area contributed by atoms with Crippen LogP contribution in [0.4, 0.5) is 0 Å². The van der Waals surface area contributed by atoms with E-state index in [-0.39, 0.29) is 5.41 Å². The molecule has 1 aromatic rings. The average molecular weight is 302 g/mol. The van der Waals surface area contributed by atoms with Crippen molar-refractivity contribution in [1.82, 2.24) is 10.2 Å². The lowest BCUT2D eigenvalue weighted by Crippen LogP contribution is -2.48. The highest BCUT2D eigenvalue weighted by Gasteiger charge is 2.37. The maximum atomic E-state index is 5.52. The van der Waals surface area contributed by atoms with Crippen LogP contribution in [-0.4, -0.2) is 36.1 Å². The highest BCUT2D eigenvalue weighted by molar-refractivity contribution is 7.80. The summed E-state index contributed by atoms with van der Waals surface area (Å²) < 4.78 is 0. The maximum absolute atomic E-state index is 5.52. The molecule has 114 valence electrons. The number of benzene rings is 1. The molecule has 0 bridgehead atoms. The van der Waals surface area contributed by atoms with Crippen LogP contribution in [0, 0.1) is 0 Å². The molecule has 0 radical (unpaired) electrons. The Morgan fingerprint density at radius 2 is 1.95 bits per heavy atom. The largest absolute Gasteiger partial charge is 0.375 e. The molecule has 2 aliphatic rings. The molecule has 0 aromatic heterocycles. The highest BCUT2D eigenvalue weighted by atomic mass is 32.1. The van der Waals surface area contributed by atoms with E-state index >= 15 is 0 Å². The zero-order chi connectivity index (χ0) is 14.7. The van der Waals surface area contributed by atoms with Gasteiger partial charge in [0.1, 0.15) is 4.99 Å². The number of nitrogens with one attached hydrogen (secondary N) is 1. The number of fused-ring (bicyclic) bond motifs is 1. The quantitative estimate of drug-likeness (QED) is 0.838. The third kappa shape index (κ3) is 3.00. The Hall–Kier alpha value is -0.930. The highest BCUT2D eigenvalue weighted by Crippen LogP contribution is 2.38. The molecule has 0 spiro atoms. The lowest BCUT2D eigenvalue weighted by molar-refractivity contribution is 0.263. The smallest absolute Gasteiger partial charge is 0.106 e. The molecule has 1 unspecified atom stereocenters. The molecule has 1 fully saturated rings. The van der Waals surface area contributed by atoms with Crippen molar-refractivity contribution >= 4 is 17.2 Å². The van der Waals surface area contributed by atoms with Gasteiger partial charge in [-0.25, -0.2) is 0 Å². The van der Waals surface area contributed by atoms with Crippen LogP contribution in [0.3, 0.4) is 0 Å². The topological polar surface area (TPSA) is 15.3 Å². The van der Waals surface area contributed by atoms with Gasteiger partial charge in [0.25, 0.3) is 0 Å². The number of nitrogens with zero attached hydrogens (tertiary/aromatic N) is 1. The molecule has 0 amide bonds. The summed E-state index contributed by atoms with van der Waals surface area (Å²) in [5, 5.41) is 3.50. The van der Waals surface area contributed by atoms with Crippen LogP contribution in [0.25, 0.3) is 0 Å². The van der Waals surface area contributed by atoms with E-state index in [0.717, 1.165) is 11.5 Å². The minimum absolute atomic E-state index is 0.260. The molecule has 0 saturated carbocycles. The van der Waals surface area contributed by atoms with Crippen molar-refractivity contribution in [3.05, 3.63) is 35.4 Å². The van der Waals surface area contributed by atoms with Gasteiger partial charge in [-0.05, 0) is 50.9 Å². The van der Waals surface area contributed by atoms with E-state index in [1.807, 2.05) is 0 Å². The van der Waals surface area contributed by atoms with Gasteiger partial charge in [0.05, 0.1) is 0 Å². The number of thiocarbonyl (C=S) groups is 1. The monoisotopic (exact) mass is 302 g/mol. The molecule has 0 aliphatic carbocycles. The van der Waals surface area contributed by atoms with Crippen molar-refractivity contribution in [2.75, 3.05) is 26.2 Å². The molecule has 2 nitrogen and oxygen atoms in total. The van der Waals surface area contributed by atoms with Gasteiger partial charge in [-0.2, -0.15) is 0 Å². The van der Waals surface area contributed by atoms with Gasteiger partial charge in [-0.3, -0.25) is 0 Å². The summed E-state index contributed by atoms with van der Waals surface area (Å²) >= 11 is 5.52. The molecule has 2 aliphatic heterocycles. The van der Waals surface area contributed by atoms with Gasteiger partial charge in [0, 0.05) is 17.5 Å². The van der Waals surface area contributed by atoms with Gasteiger partial charge in [-0.15, -0.1) is 0 Å². The van der Waals surface area contributed by atoms with E-state index in [4.69, 9.17) is 12.2 Å². The van der Waals surface area contributed by atoms with E-state index < -0.39 is 0 Å². The van der Waals surface area contributed by atoms with Gasteiger partial charge >= 0.3 is 0 Å². The summed E-state index contributed by atoms with van der Waals surface area (Å²) in [7, 11) is 0. The molecule has 1 aromatic carbocycles. The Balaban J connectivity index is 1.86. The Labute approximate surface area is 133 Å². The first kappa shape index (κ1) is 15.0. The van der Waals surface area contributed by atoms with E-state index in [0.29, 0.717) is 0 Å². The van der Waals surface area contributed by atoms with Gasteiger partial charge in [0.2, 0.25) is 0 Å². The third-order valence-electron chi connectivity index (χ3n) is 5.16. The predicted octanol–water partition coefficient (Wildman–Crippen LogP) is 3.49. The molecule has 21 heavy (non-hydrogen) atoms. The fourth-order valence-electron chi connectivity index (χ4n) is 4.01. The average Bonchev–Trinajstić information content (AvgIpc) is 3.03. The predicted molar refractivity (Wildman–Crippen MR) is 93.0 cm³/mol. The second-order valence-corrected chi connectivity index (χ2v) is 6.97. The first-order valence-electron chi connectivity index (χ1n) is 8.35. The van der Waals surface area contributed by atoms with Crippen LogP contribution in [0.2, 0.25) is 0 Å². The van der Waals surface area contributed by atoms with Crippen LogP contribution in [-0.2, 0) is 5.41 Å². The Morgan fingerprint density at radius 1 is 1.19 bits per heavy atom. The summed E-state index contributed by atoms with van der Waals surface area (Å²) in [6, 6.07) is 8.77. The summed E-state index contributed by atoms with van der Waals surface area (Å²) in [5.74, 6) is 0. The standard InChI is InChI=1S/C18H26N2S/c1-2-9-18(10-13-20-11-5-6-12-20)14-19-17(21)15-7-3-4-8-16(15)18/h3-4,7-8H,2,5-6,9-14H2,1H3,(H,19,21). The van der Waals surface area contributed by atoms with Crippen molar-refractivity contribution in [3.63, 3.8) is 0 Å². The van der Waals surface area contributed by atoms with E-state index in [1.54, 1.807) is 0 Å². The second kappa shape index (κ2) is 6.45. The number of hydrogen-bond acceptors (Lipinski definition) is 2. The minimum atomic E-state index is 0.260. The maximum Gasteiger partial charge on any atom is 0.106 e. The van der Waals surface area contributed by atoms with Crippen LogP contribution in [0.15, 0.2) is 24.3 Å². The van der Waals surface area contributed by atoms with E-state index in [1.165, 1.54) is 62.9 Å². The molecular formula is C18H26N2S. The lowest BCUT2D eigenvalue weighted by Gasteiger charge is -2.41. The summed E-state index contributed by atoms with van der Waals surface area (Å²) in [6.07, 6.45) is 6.46. The Morgan fingerprint density at radius 3 is 2.71 bits per heavy atom.